The van der Waals surface area contributed by atoms with Crippen LogP contribution in [0.3, 0.4) is 0 Å². The molecule has 0 aliphatic heterocycles. The summed E-state index contributed by atoms with van der Waals surface area (Å²) in [4.78, 5) is 21.4. The van der Waals surface area contributed by atoms with E-state index in [-0.39, 0.29) is 11.9 Å². The molecule has 0 aromatic carbocycles. The summed E-state index contributed by atoms with van der Waals surface area (Å²) in [7, 11) is 3.49. The fourth-order valence-electron chi connectivity index (χ4n) is 1.50. The van der Waals surface area contributed by atoms with Crippen LogP contribution in [0, 0.1) is 0 Å². The zero-order valence-electron chi connectivity index (χ0n) is 11.7. The number of carbonyl (C=O) groups excluding carboxylic acids is 1. The maximum absolute atomic E-state index is 11.2. The largest absolute Gasteiger partial charge is 0.370 e. The van der Waals surface area contributed by atoms with Gasteiger partial charge in [-0.1, -0.05) is 6.92 Å². The van der Waals surface area contributed by atoms with Crippen molar-refractivity contribution in [1.29, 1.82) is 0 Å². The highest BCUT2D eigenvalue weighted by molar-refractivity contribution is 5.76. The lowest BCUT2D eigenvalue weighted by molar-refractivity contribution is -0.120. The molecule has 1 aromatic heterocycles. The van der Waals surface area contributed by atoms with E-state index in [1.165, 1.54) is 0 Å². The van der Waals surface area contributed by atoms with Gasteiger partial charge in [0.1, 0.15) is 11.6 Å². The highest BCUT2D eigenvalue weighted by Crippen LogP contribution is 2.16. The number of rotatable bonds is 7. The lowest BCUT2D eigenvalue weighted by Crippen LogP contribution is -2.27. The van der Waals surface area contributed by atoms with Gasteiger partial charge in [-0.25, -0.2) is 0 Å². The summed E-state index contributed by atoms with van der Waals surface area (Å²) in [5.41, 5.74) is 5.68. The summed E-state index contributed by atoms with van der Waals surface area (Å²) in [5.74, 6) is 1.63. The van der Waals surface area contributed by atoms with Crippen molar-refractivity contribution in [3.63, 3.8) is 0 Å². The molecule has 0 unspecified atom stereocenters. The van der Waals surface area contributed by atoms with E-state index in [2.05, 4.69) is 27.5 Å². The van der Waals surface area contributed by atoms with Crippen LogP contribution in [0.4, 0.5) is 17.6 Å². The van der Waals surface area contributed by atoms with Crippen molar-refractivity contribution >= 4 is 23.5 Å². The van der Waals surface area contributed by atoms with Gasteiger partial charge in [0.25, 0.3) is 0 Å². The first-order valence-electron chi connectivity index (χ1n) is 6.37. The van der Waals surface area contributed by atoms with E-state index in [0.717, 1.165) is 13.0 Å². The van der Waals surface area contributed by atoms with Gasteiger partial charge < -0.3 is 21.3 Å². The Morgan fingerprint density at radius 2 is 2.21 bits per heavy atom. The van der Waals surface area contributed by atoms with E-state index >= 15 is 0 Å². The molecule has 0 aliphatic carbocycles. The SMILES string of the molecule is CCCNc1cc(N(C)CCC(=O)NC)nc(N)n1. The van der Waals surface area contributed by atoms with Gasteiger partial charge in [-0.3, -0.25) is 4.79 Å². The van der Waals surface area contributed by atoms with Crippen LogP contribution in [0.1, 0.15) is 19.8 Å². The van der Waals surface area contributed by atoms with Gasteiger partial charge in [-0.05, 0) is 6.42 Å². The van der Waals surface area contributed by atoms with Crippen molar-refractivity contribution in [2.75, 3.05) is 43.1 Å². The molecule has 4 N–H and O–H groups in total. The molecule has 0 saturated heterocycles. The molecule has 0 bridgehead atoms. The van der Waals surface area contributed by atoms with Crippen molar-refractivity contribution in [2.45, 2.75) is 19.8 Å². The zero-order chi connectivity index (χ0) is 14.3. The minimum Gasteiger partial charge on any atom is -0.370 e. The number of nitrogen functional groups attached to an aromatic ring is 1. The maximum Gasteiger partial charge on any atom is 0.223 e. The summed E-state index contributed by atoms with van der Waals surface area (Å²) < 4.78 is 0. The summed E-state index contributed by atoms with van der Waals surface area (Å²) in [5, 5.41) is 5.76. The fourth-order valence-corrected chi connectivity index (χ4v) is 1.50. The lowest BCUT2D eigenvalue weighted by Gasteiger charge is -2.18. The van der Waals surface area contributed by atoms with Gasteiger partial charge in [0, 0.05) is 39.7 Å². The zero-order valence-corrected chi connectivity index (χ0v) is 11.7. The summed E-state index contributed by atoms with van der Waals surface area (Å²) in [6, 6.07) is 1.83. The van der Waals surface area contributed by atoms with E-state index < -0.39 is 0 Å². The Morgan fingerprint density at radius 3 is 2.84 bits per heavy atom. The molecule has 0 saturated carbocycles. The summed E-state index contributed by atoms with van der Waals surface area (Å²) >= 11 is 0. The van der Waals surface area contributed by atoms with Gasteiger partial charge in [0.15, 0.2) is 0 Å². The summed E-state index contributed by atoms with van der Waals surface area (Å²) in [6.07, 6.45) is 1.42. The first-order chi connectivity index (χ1) is 9.06. The van der Waals surface area contributed by atoms with Crippen LogP contribution in [-0.2, 0) is 4.79 Å². The average Bonchev–Trinajstić information content (AvgIpc) is 2.41. The Bertz CT molecular complexity index is 423. The van der Waals surface area contributed by atoms with Crippen molar-refractivity contribution in [1.82, 2.24) is 15.3 Å². The Labute approximate surface area is 113 Å². The molecule has 1 amide bonds. The van der Waals surface area contributed by atoms with Crippen molar-refractivity contribution in [3.05, 3.63) is 6.07 Å². The van der Waals surface area contributed by atoms with Crippen molar-refractivity contribution in [3.8, 4) is 0 Å². The lowest BCUT2D eigenvalue weighted by atomic mass is 10.3. The minimum absolute atomic E-state index is 0.00166. The molecule has 0 fully saturated rings. The highest BCUT2D eigenvalue weighted by atomic mass is 16.1. The smallest absolute Gasteiger partial charge is 0.223 e. The number of amides is 1. The molecule has 0 atom stereocenters. The number of aromatic nitrogens is 2. The number of nitrogens with two attached hydrogens (primary N) is 1. The second-order valence-electron chi connectivity index (χ2n) is 4.24. The first kappa shape index (κ1) is 15.0. The molecule has 0 spiro atoms. The molecule has 7 heteroatoms. The standard InChI is InChI=1S/C12H22N6O/c1-4-6-15-9-8-10(17-12(13)16-9)18(3)7-5-11(19)14-2/h8H,4-7H2,1-3H3,(H,14,19)(H3,13,15,16,17). The minimum atomic E-state index is -0.00166. The predicted octanol–water partition coefficient (Wildman–Crippen LogP) is 0.453. The van der Waals surface area contributed by atoms with Crippen LogP contribution in [0.15, 0.2) is 6.07 Å². The number of hydrogen-bond acceptors (Lipinski definition) is 6. The highest BCUT2D eigenvalue weighted by Gasteiger charge is 2.08. The average molecular weight is 266 g/mol. The van der Waals surface area contributed by atoms with Gasteiger partial charge in [-0.15, -0.1) is 0 Å². The Kier molecular flexibility index (Phi) is 5.84. The molecular formula is C12H22N6O. The predicted molar refractivity (Wildman–Crippen MR) is 77.2 cm³/mol. The Hall–Kier alpha value is -2.05. The van der Waals surface area contributed by atoms with E-state index in [1.54, 1.807) is 7.05 Å². The number of hydrogen-bond donors (Lipinski definition) is 3. The third-order valence-electron chi connectivity index (χ3n) is 2.63. The molecular weight excluding hydrogens is 244 g/mol. The van der Waals surface area contributed by atoms with Gasteiger partial charge in [0.2, 0.25) is 11.9 Å². The van der Waals surface area contributed by atoms with Crippen LogP contribution in [0.5, 0.6) is 0 Å². The van der Waals surface area contributed by atoms with Crippen LogP contribution in [0.25, 0.3) is 0 Å². The van der Waals surface area contributed by atoms with E-state index in [9.17, 15) is 4.79 Å². The van der Waals surface area contributed by atoms with Gasteiger partial charge >= 0.3 is 0 Å². The molecule has 1 rings (SSSR count). The summed E-state index contributed by atoms with van der Waals surface area (Å²) in [6.45, 7) is 3.48. The number of nitrogens with zero attached hydrogens (tertiary/aromatic N) is 3. The third kappa shape index (κ3) is 4.99. The normalized spacial score (nSPS) is 10.1. The second-order valence-corrected chi connectivity index (χ2v) is 4.24. The van der Waals surface area contributed by atoms with E-state index in [4.69, 9.17) is 5.73 Å². The van der Waals surface area contributed by atoms with Gasteiger partial charge in [0.05, 0.1) is 0 Å². The number of nitrogens with one attached hydrogen (secondary N) is 2. The molecule has 0 radical (unpaired) electrons. The first-order valence-corrected chi connectivity index (χ1v) is 6.37. The Balaban J connectivity index is 2.70. The molecule has 106 valence electrons. The second kappa shape index (κ2) is 7.40. The van der Waals surface area contributed by atoms with E-state index in [1.807, 2.05) is 18.0 Å². The molecule has 7 nitrogen and oxygen atoms in total. The fraction of sp³-hybridized carbons (Fsp3) is 0.583. The molecule has 19 heavy (non-hydrogen) atoms. The van der Waals surface area contributed by atoms with Crippen LogP contribution >= 0.6 is 0 Å². The monoisotopic (exact) mass is 266 g/mol. The van der Waals surface area contributed by atoms with Crippen LogP contribution < -0.4 is 21.3 Å². The van der Waals surface area contributed by atoms with Crippen molar-refractivity contribution < 1.29 is 4.79 Å². The van der Waals surface area contributed by atoms with Crippen LogP contribution in [0.2, 0.25) is 0 Å². The maximum atomic E-state index is 11.2. The van der Waals surface area contributed by atoms with Crippen LogP contribution in [-0.4, -0.2) is 43.1 Å². The van der Waals surface area contributed by atoms with Gasteiger partial charge in [-0.2, -0.15) is 9.97 Å². The van der Waals surface area contributed by atoms with E-state index in [0.29, 0.717) is 24.6 Å². The molecule has 1 heterocycles. The Morgan fingerprint density at radius 1 is 1.47 bits per heavy atom. The molecule has 1 aromatic rings. The topological polar surface area (TPSA) is 96.2 Å². The number of carbonyl (C=O) groups is 1. The quantitative estimate of drug-likeness (QED) is 0.663. The number of anilines is 3. The van der Waals surface area contributed by atoms with Crippen molar-refractivity contribution in [2.24, 2.45) is 0 Å². The third-order valence-corrected chi connectivity index (χ3v) is 2.63. The molecule has 0 aliphatic rings.